The number of pyridine rings is 1. The second-order valence-corrected chi connectivity index (χ2v) is 6.29. The average molecular weight is 336 g/mol. The van der Waals surface area contributed by atoms with Crippen molar-refractivity contribution in [2.75, 3.05) is 5.32 Å². The molecule has 5 heteroatoms. The van der Waals surface area contributed by atoms with Crippen LogP contribution in [0.15, 0.2) is 54.7 Å². The first kappa shape index (κ1) is 17.0. The van der Waals surface area contributed by atoms with Gasteiger partial charge in [-0.05, 0) is 36.8 Å². The second kappa shape index (κ2) is 7.38. The lowest BCUT2D eigenvalue weighted by atomic mass is 10.0. The van der Waals surface area contributed by atoms with Gasteiger partial charge in [0.05, 0.1) is 11.7 Å². The highest BCUT2D eigenvalue weighted by Gasteiger charge is 2.17. The van der Waals surface area contributed by atoms with Gasteiger partial charge in [0.25, 0.3) is 0 Å². The number of hydrogen-bond acceptors (Lipinski definition) is 4. The first-order chi connectivity index (χ1) is 12.0. The van der Waals surface area contributed by atoms with Crippen LogP contribution in [0.5, 0.6) is 0 Å². The first-order valence-electron chi connectivity index (χ1n) is 8.31. The number of aromatic nitrogens is 3. The third-order valence-electron chi connectivity index (χ3n) is 3.85. The molecule has 0 bridgehead atoms. The molecule has 1 unspecified atom stereocenters. The van der Waals surface area contributed by atoms with E-state index < -0.39 is 0 Å². The molecule has 0 saturated heterocycles. The zero-order chi connectivity index (χ0) is 17.8. The lowest BCUT2D eigenvalue weighted by Gasteiger charge is -2.20. The molecule has 3 aromatic rings. The van der Waals surface area contributed by atoms with Crippen molar-refractivity contribution in [1.82, 2.24) is 15.0 Å². The number of rotatable bonds is 5. The van der Waals surface area contributed by atoms with Crippen molar-refractivity contribution >= 4 is 5.82 Å². The topological polar surface area (TPSA) is 50.7 Å². The second-order valence-electron chi connectivity index (χ2n) is 6.29. The first-order valence-corrected chi connectivity index (χ1v) is 8.31. The maximum absolute atomic E-state index is 13.7. The maximum Gasteiger partial charge on any atom is 0.133 e. The molecule has 0 aliphatic rings. The van der Waals surface area contributed by atoms with Crippen molar-refractivity contribution in [2.45, 2.75) is 32.7 Å². The minimum absolute atomic E-state index is 0.225. The van der Waals surface area contributed by atoms with Gasteiger partial charge in [-0.15, -0.1) is 0 Å². The van der Waals surface area contributed by atoms with E-state index in [0.717, 1.165) is 22.8 Å². The van der Waals surface area contributed by atoms with Gasteiger partial charge in [0.2, 0.25) is 0 Å². The standard InChI is InChI=1S/C20H21FN4/c1-13(2)20-23-14(3)11-18(25-20)24-19(17-9-4-5-10-22-17)15-7-6-8-16(21)12-15/h4-13,19H,1-3H3,(H,23,24,25). The Bertz CT molecular complexity index is 849. The van der Waals surface area contributed by atoms with Crippen LogP contribution in [0.3, 0.4) is 0 Å². The van der Waals surface area contributed by atoms with Crippen LogP contribution in [-0.2, 0) is 0 Å². The predicted octanol–water partition coefficient (Wildman–Crippen LogP) is 4.64. The quantitative estimate of drug-likeness (QED) is 0.737. The van der Waals surface area contributed by atoms with Crippen molar-refractivity contribution in [1.29, 1.82) is 0 Å². The number of aryl methyl sites for hydroxylation is 1. The summed E-state index contributed by atoms with van der Waals surface area (Å²) in [5, 5.41) is 3.39. The summed E-state index contributed by atoms with van der Waals surface area (Å²) in [6.45, 7) is 6.05. The molecule has 0 fully saturated rings. The Balaban J connectivity index is 2.01. The van der Waals surface area contributed by atoms with Crippen LogP contribution in [0.4, 0.5) is 10.2 Å². The SMILES string of the molecule is Cc1cc(NC(c2cccc(F)c2)c2ccccn2)nc(C(C)C)n1. The Labute approximate surface area is 147 Å². The van der Waals surface area contributed by atoms with Gasteiger partial charge in [0, 0.05) is 23.9 Å². The highest BCUT2D eigenvalue weighted by Crippen LogP contribution is 2.26. The van der Waals surface area contributed by atoms with Gasteiger partial charge in [0.15, 0.2) is 0 Å². The molecule has 0 amide bonds. The molecule has 0 spiro atoms. The number of hydrogen-bond donors (Lipinski definition) is 1. The van der Waals surface area contributed by atoms with Gasteiger partial charge in [-0.3, -0.25) is 4.98 Å². The fraction of sp³-hybridized carbons (Fsp3) is 0.250. The molecule has 128 valence electrons. The highest BCUT2D eigenvalue weighted by atomic mass is 19.1. The van der Waals surface area contributed by atoms with E-state index in [1.165, 1.54) is 12.1 Å². The van der Waals surface area contributed by atoms with Crippen LogP contribution in [0.25, 0.3) is 0 Å². The number of halogens is 1. The van der Waals surface area contributed by atoms with Crippen molar-refractivity contribution in [3.05, 3.63) is 83.3 Å². The molecule has 0 radical (unpaired) electrons. The fourth-order valence-electron chi connectivity index (χ4n) is 2.63. The Kier molecular flexibility index (Phi) is 5.03. The molecule has 1 N–H and O–H groups in total. The number of benzene rings is 1. The third kappa shape index (κ3) is 4.18. The summed E-state index contributed by atoms with van der Waals surface area (Å²) in [7, 11) is 0. The minimum atomic E-state index is -0.300. The molecular formula is C20H21FN4. The molecule has 1 aromatic carbocycles. The molecule has 2 aromatic heterocycles. The van der Waals surface area contributed by atoms with Gasteiger partial charge in [-0.1, -0.05) is 32.0 Å². The molecule has 0 saturated carbocycles. The summed E-state index contributed by atoms with van der Waals surface area (Å²) >= 11 is 0. The lowest BCUT2D eigenvalue weighted by Crippen LogP contribution is -2.16. The number of nitrogens with zero attached hydrogens (tertiary/aromatic N) is 3. The summed E-state index contributed by atoms with van der Waals surface area (Å²) < 4.78 is 13.7. The van der Waals surface area contributed by atoms with Crippen LogP contribution >= 0.6 is 0 Å². The van der Waals surface area contributed by atoms with Crippen LogP contribution in [0, 0.1) is 12.7 Å². The third-order valence-corrected chi connectivity index (χ3v) is 3.85. The summed E-state index contributed by atoms with van der Waals surface area (Å²) in [4.78, 5) is 13.5. The molecular weight excluding hydrogens is 315 g/mol. The van der Waals surface area contributed by atoms with Crippen molar-refractivity contribution < 1.29 is 4.39 Å². The van der Waals surface area contributed by atoms with E-state index in [0.29, 0.717) is 5.82 Å². The van der Waals surface area contributed by atoms with Gasteiger partial charge in [-0.25, -0.2) is 14.4 Å². The van der Waals surface area contributed by atoms with E-state index in [4.69, 9.17) is 0 Å². The van der Waals surface area contributed by atoms with Crippen LogP contribution in [0.1, 0.15) is 48.6 Å². The normalized spacial score (nSPS) is 12.2. The summed E-state index contributed by atoms with van der Waals surface area (Å²) in [5.41, 5.74) is 2.48. The molecule has 4 nitrogen and oxygen atoms in total. The number of anilines is 1. The van der Waals surface area contributed by atoms with E-state index in [1.54, 1.807) is 12.3 Å². The summed E-state index contributed by atoms with van der Waals surface area (Å²) in [6.07, 6.45) is 1.73. The monoisotopic (exact) mass is 336 g/mol. The molecule has 1 atom stereocenters. The molecule has 3 rings (SSSR count). The minimum Gasteiger partial charge on any atom is -0.357 e. The van der Waals surface area contributed by atoms with Crippen molar-refractivity contribution in [3.63, 3.8) is 0 Å². The largest absolute Gasteiger partial charge is 0.357 e. The van der Waals surface area contributed by atoms with E-state index in [-0.39, 0.29) is 17.8 Å². The van der Waals surface area contributed by atoms with E-state index in [1.807, 2.05) is 37.3 Å². The van der Waals surface area contributed by atoms with Crippen molar-refractivity contribution in [3.8, 4) is 0 Å². The fourth-order valence-corrected chi connectivity index (χ4v) is 2.63. The van der Waals surface area contributed by atoms with Gasteiger partial charge < -0.3 is 5.32 Å². The summed E-state index contributed by atoms with van der Waals surface area (Å²) in [6, 6.07) is 13.8. The van der Waals surface area contributed by atoms with Gasteiger partial charge in [0.1, 0.15) is 17.5 Å². The van der Waals surface area contributed by atoms with Crippen LogP contribution in [-0.4, -0.2) is 15.0 Å². The predicted molar refractivity (Wildman–Crippen MR) is 97.0 cm³/mol. The van der Waals surface area contributed by atoms with E-state index in [9.17, 15) is 4.39 Å². The van der Waals surface area contributed by atoms with Crippen LogP contribution in [0.2, 0.25) is 0 Å². The zero-order valence-electron chi connectivity index (χ0n) is 14.6. The summed E-state index contributed by atoms with van der Waals surface area (Å²) in [5.74, 6) is 1.43. The van der Waals surface area contributed by atoms with Gasteiger partial charge >= 0.3 is 0 Å². The maximum atomic E-state index is 13.7. The molecule has 25 heavy (non-hydrogen) atoms. The lowest BCUT2D eigenvalue weighted by molar-refractivity contribution is 0.624. The molecule has 0 aliphatic heterocycles. The Morgan fingerprint density at radius 2 is 1.84 bits per heavy atom. The Morgan fingerprint density at radius 3 is 2.52 bits per heavy atom. The highest BCUT2D eigenvalue weighted by molar-refractivity contribution is 5.43. The number of nitrogens with one attached hydrogen (secondary N) is 1. The zero-order valence-corrected chi connectivity index (χ0v) is 14.6. The van der Waals surface area contributed by atoms with Crippen LogP contribution < -0.4 is 5.32 Å². The van der Waals surface area contributed by atoms with Crippen molar-refractivity contribution in [2.24, 2.45) is 0 Å². The Morgan fingerprint density at radius 1 is 1.00 bits per heavy atom. The van der Waals surface area contributed by atoms with E-state index in [2.05, 4.69) is 34.1 Å². The molecule has 2 heterocycles. The average Bonchev–Trinajstić information content (AvgIpc) is 2.60. The Hall–Kier alpha value is -2.82. The van der Waals surface area contributed by atoms with Gasteiger partial charge in [-0.2, -0.15) is 0 Å². The molecule has 0 aliphatic carbocycles. The van der Waals surface area contributed by atoms with E-state index >= 15 is 0 Å². The smallest absolute Gasteiger partial charge is 0.133 e.